The molecule has 1 aromatic heterocycles. The zero-order chi connectivity index (χ0) is 10.8. The van der Waals surface area contributed by atoms with Gasteiger partial charge in [0.2, 0.25) is 0 Å². The molecule has 1 saturated heterocycles. The highest BCUT2D eigenvalue weighted by Gasteiger charge is 2.22. The zero-order valence-electron chi connectivity index (χ0n) is 9.56. The molecule has 1 aliphatic heterocycles. The molecule has 84 valence electrons. The quantitative estimate of drug-likeness (QED) is 0.801. The number of rotatable bonds is 2. The molecule has 0 atom stereocenters. The first-order valence-corrected chi connectivity index (χ1v) is 5.70. The summed E-state index contributed by atoms with van der Waals surface area (Å²) in [6, 6.07) is 1.20. The van der Waals surface area contributed by atoms with Gasteiger partial charge in [0.25, 0.3) is 0 Å². The molecule has 0 saturated carbocycles. The summed E-state index contributed by atoms with van der Waals surface area (Å²) in [5.41, 5.74) is 6.43. The lowest BCUT2D eigenvalue weighted by Gasteiger charge is -2.34. The first-order valence-electron chi connectivity index (χ1n) is 5.70. The van der Waals surface area contributed by atoms with Crippen molar-refractivity contribution in [3.05, 3.63) is 12.4 Å². The fourth-order valence-corrected chi connectivity index (χ4v) is 2.22. The summed E-state index contributed by atoms with van der Waals surface area (Å²) in [6.45, 7) is 6.85. The van der Waals surface area contributed by atoms with Crippen molar-refractivity contribution >= 4 is 5.69 Å². The zero-order valence-corrected chi connectivity index (χ0v) is 9.56. The molecule has 0 radical (unpaired) electrons. The third kappa shape index (κ3) is 2.31. The minimum atomic E-state index is 0.539. The number of likely N-dealkylation sites (tertiary alicyclic amines) is 1. The van der Waals surface area contributed by atoms with Crippen molar-refractivity contribution in [3.63, 3.8) is 0 Å². The Labute approximate surface area is 91.1 Å². The summed E-state index contributed by atoms with van der Waals surface area (Å²) in [5.74, 6) is 0. The Balaban J connectivity index is 1.93. The van der Waals surface area contributed by atoms with Gasteiger partial charge in [-0.15, -0.1) is 0 Å². The maximum absolute atomic E-state index is 5.67. The molecule has 4 heteroatoms. The highest BCUT2D eigenvalue weighted by molar-refractivity contribution is 5.30. The third-order valence-corrected chi connectivity index (χ3v) is 3.22. The van der Waals surface area contributed by atoms with Crippen LogP contribution in [0.25, 0.3) is 0 Å². The van der Waals surface area contributed by atoms with Gasteiger partial charge in [-0.25, -0.2) is 0 Å². The van der Waals surface area contributed by atoms with E-state index in [2.05, 4.69) is 23.8 Å². The SMILES string of the molecule is CC(C)N1CCC(n2cc(N)cn2)CC1. The van der Waals surface area contributed by atoms with E-state index < -0.39 is 0 Å². The van der Waals surface area contributed by atoms with Gasteiger partial charge in [0.05, 0.1) is 17.9 Å². The van der Waals surface area contributed by atoms with Crippen LogP contribution in [0.15, 0.2) is 12.4 Å². The van der Waals surface area contributed by atoms with Crippen molar-refractivity contribution in [2.75, 3.05) is 18.8 Å². The number of hydrogen-bond acceptors (Lipinski definition) is 3. The van der Waals surface area contributed by atoms with Crippen molar-refractivity contribution in [2.45, 2.75) is 38.8 Å². The first kappa shape index (κ1) is 10.5. The monoisotopic (exact) mass is 208 g/mol. The molecule has 0 bridgehead atoms. The van der Waals surface area contributed by atoms with Gasteiger partial charge in [-0.1, -0.05) is 0 Å². The van der Waals surface area contributed by atoms with Gasteiger partial charge < -0.3 is 10.6 Å². The molecule has 0 aliphatic carbocycles. The van der Waals surface area contributed by atoms with Crippen molar-refractivity contribution in [1.29, 1.82) is 0 Å². The maximum atomic E-state index is 5.67. The van der Waals surface area contributed by atoms with Crippen molar-refractivity contribution in [1.82, 2.24) is 14.7 Å². The molecule has 4 nitrogen and oxygen atoms in total. The highest BCUT2D eigenvalue weighted by Crippen LogP contribution is 2.23. The molecule has 0 aromatic carbocycles. The summed E-state index contributed by atoms with van der Waals surface area (Å²) in [6.07, 6.45) is 6.03. The molecule has 2 N–H and O–H groups in total. The number of nitrogens with zero attached hydrogens (tertiary/aromatic N) is 3. The number of nitrogen functional groups attached to an aromatic ring is 1. The summed E-state index contributed by atoms with van der Waals surface area (Å²) in [7, 11) is 0. The Morgan fingerprint density at radius 2 is 2.07 bits per heavy atom. The number of aromatic nitrogens is 2. The molecule has 2 heterocycles. The van der Waals surface area contributed by atoms with Gasteiger partial charge >= 0.3 is 0 Å². The van der Waals surface area contributed by atoms with Gasteiger partial charge in [-0.2, -0.15) is 5.10 Å². The van der Waals surface area contributed by atoms with Crippen LogP contribution < -0.4 is 5.73 Å². The Hall–Kier alpha value is -1.03. The normalized spacial score (nSPS) is 19.9. The Bertz CT molecular complexity index is 310. The molecule has 1 aliphatic rings. The molecule has 0 spiro atoms. The number of anilines is 1. The number of hydrogen-bond donors (Lipinski definition) is 1. The summed E-state index contributed by atoms with van der Waals surface area (Å²) >= 11 is 0. The van der Waals surface area contributed by atoms with Crippen LogP contribution in [0.1, 0.15) is 32.7 Å². The van der Waals surface area contributed by atoms with E-state index in [9.17, 15) is 0 Å². The topological polar surface area (TPSA) is 47.1 Å². The van der Waals surface area contributed by atoms with E-state index in [1.54, 1.807) is 6.20 Å². The van der Waals surface area contributed by atoms with Crippen LogP contribution in [0.3, 0.4) is 0 Å². The molecule has 2 rings (SSSR count). The van der Waals surface area contributed by atoms with Crippen molar-refractivity contribution in [2.24, 2.45) is 0 Å². The van der Waals surface area contributed by atoms with Crippen LogP contribution in [0.2, 0.25) is 0 Å². The Morgan fingerprint density at radius 3 is 2.53 bits per heavy atom. The van der Waals surface area contributed by atoms with Gasteiger partial charge in [-0.3, -0.25) is 4.68 Å². The summed E-state index contributed by atoms with van der Waals surface area (Å²) in [4.78, 5) is 2.52. The molecule has 15 heavy (non-hydrogen) atoms. The smallest absolute Gasteiger partial charge is 0.0719 e. The Morgan fingerprint density at radius 1 is 1.40 bits per heavy atom. The van der Waals surface area contributed by atoms with Crippen LogP contribution in [0, 0.1) is 0 Å². The van der Waals surface area contributed by atoms with Crippen molar-refractivity contribution in [3.8, 4) is 0 Å². The second-order valence-electron chi connectivity index (χ2n) is 4.61. The summed E-state index contributed by atoms with van der Waals surface area (Å²) in [5, 5.41) is 4.28. The van der Waals surface area contributed by atoms with Gasteiger partial charge in [0.1, 0.15) is 0 Å². The largest absolute Gasteiger partial charge is 0.396 e. The predicted octanol–water partition coefficient (Wildman–Crippen LogP) is 1.51. The molecular weight excluding hydrogens is 188 g/mol. The standard InChI is InChI=1S/C11H20N4/c1-9(2)14-5-3-11(4-6-14)15-8-10(12)7-13-15/h7-9,11H,3-6,12H2,1-2H3. The maximum Gasteiger partial charge on any atom is 0.0719 e. The average molecular weight is 208 g/mol. The molecule has 1 aromatic rings. The van der Waals surface area contributed by atoms with E-state index in [0.717, 1.165) is 5.69 Å². The number of piperidine rings is 1. The fourth-order valence-electron chi connectivity index (χ4n) is 2.22. The first-order chi connectivity index (χ1) is 7.16. The number of nitrogens with two attached hydrogens (primary N) is 1. The molecular formula is C11H20N4. The Kier molecular flexibility index (Phi) is 2.95. The minimum Gasteiger partial charge on any atom is -0.396 e. The lowest BCUT2D eigenvalue weighted by Crippen LogP contribution is -2.39. The van der Waals surface area contributed by atoms with Gasteiger partial charge in [0, 0.05) is 25.3 Å². The third-order valence-electron chi connectivity index (χ3n) is 3.22. The van der Waals surface area contributed by atoms with E-state index in [4.69, 9.17) is 5.73 Å². The second-order valence-corrected chi connectivity index (χ2v) is 4.61. The predicted molar refractivity (Wildman–Crippen MR) is 61.6 cm³/mol. The van der Waals surface area contributed by atoms with E-state index in [0.29, 0.717) is 12.1 Å². The lowest BCUT2D eigenvalue weighted by molar-refractivity contribution is 0.147. The van der Waals surface area contributed by atoms with Crippen LogP contribution in [-0.2, 0) is 0 Å². The van der Waals surface area contributed by atoms with Crippen LogP contribution >= 0.6 is 0 Å². The van der Waals surface area contributed by atoms with E-state index >= 15 is 0 Å². The lowest BCUT2D eigenvalue weighted by atomic mass is 10.0. The van der Waals surface area contributed by atoms with E-state index in [1.165, 1.54) is 25.9 Å². The van der Waals surface area contributed by atoms with Crippen LogP contribution in [0.4, 0.5) is 5.69 Å². The van der Waals surface area contributed by atoms with Crippen LogP contribution in [0.5, 0.6) is 0 Å². The minimum absolute atomic E-state index is 0.539. The average Bonchev–Trinajstić information content (AvgIpc) is 2.65. The van der Waals surface area contributed by atoms with Crippen LogP contribution in [-0.4, -0.2) is 33.8 Å². The fraction of sp³-hybridized carbons (Fsp3) is 0.727. The summed E-state index contributed by atoms with van der Waals surface area (Å²) < 4.78 is 2.02. The second kappa shape index (κ2) is 4.23. The molecule has 0 unspecified atom stereocenters. The molecule has 1 fully saturated rings. The van der Waals surface area contributed by atoms with E-state index in [-0.39, 0.29) is 0 Å². The van der Waals surface area contributed by atoms with Gasteiger partial charge in [-0.05, 0) is 26.7 Å². The van der Waals surface area contributed by atoms with Gasteiger partial charge in [0.15, 0.2) is 0 Å². The highest BCUT2D eigenvalue weighted by atomic mass is 15.3. The molecule has 0 amide bonds. The van der Waals surface area contributed by atoms with Crippen molar-refractivity contribution < 1.29 is 0 Å². The van der Waals surface area contributed by atoms with E-state index in [1.807, 2.05) is 10.9 Å².